The number of amides is 1. The van der Waals surface area contributed by atoms with Gasteiger partial charge in [0.15, 0.2) is 0 Å². The first-order chi connectivity index (χ1) is 10.6. The summed E-state index contributed by atoms with van der Waals surface area (Å²) in [6.07, 6.45) is 0. The Bertz CT molecular complexity index is 641. The minimum atomic E-state index is -0.224. The number of hydrogen-bond donors (Lipinski definition) is 1. The normalized spacial score (nSPS) is 10.5. The first kappa shape index (κ1) is 16.0. The lowest BCUT2D eigenvalue weighted by Crippen LogP contribution is -2.21. The van der Waals surface area contributed by atoms with Gasteiger partial charge in [-0.15, -0.1) is 0 Å². The van der Waals surface area contributed by atoms with Crippen molar-refractivity contribution in [2.24, 2.45) is 0 Å². The summed E-state index contributed by atoms with van der Waals surface area (Å²) < 4.78 is 5.71. The molecular formula is C17H21N3O2. The summed E-state index contributed by atoms with van der Waals surface area (Å²) in [5.74, 6) is 0.890. The molecule has 0 bridgehead atoms. The van der Waals surface area contributed by atoms with E-state index in [0.717, 1.165) is 12.2 Å². The number of aromatic nitrogens is 1. The highest BCUT2D eigenvalue weighted by molar-refractivity contribution is 6.05. The van der Waals surface area contributed by atoms with Crippen LogP contribution in [-0.4, -0.2) is 43.0 Å². The zero-order valence-electron chi connectivity index (χ0n) is 13.2. The highest BCUT2D eigenvalue weighted by Crippen LogP contribution is 2.19. The second-order valence-electron chi connectivity index (χ2n) is 5.27. The van der Waals surface area contributed by atoms with E-state index in [1.807, 2.05) is 50.2 Å². The second kappa shape index (κ2) is 7.56. The number of aryl methyl sites for hydroxylation is 1. The first-order valence-corrected chi connectivity index (χ1v) is 7.18. The molecule has 0 radical (unpaired) electrons. The molecule has 116 valence electrons. The summed E-state index contributed by atoms with van der Waals surface area (Å²) in [5.41, 5.74) is 1.36. The van der Waals surface area contributed by atoms with E-state index in [4.69, 9.17) is 4.74 Å². The van der Waals surface area contributed by atoms with Crippen molar-refractivity contribution >= 4 is 11.7 Å². The van der Waals surface area contributed by atoms with Crippen molar-refractivity contribution < 1.29 is 9.53 Å². The Balaban J connectivity index is 2.09. The van der Waals surface area contributed by atoms with Crippen LogP contribution in [0.15, 0.2) is 42.5 Å². The predicted molar refractivity (Wildman–Crippen MR) is 87.4 cm³/mol. The van der Waals surface area contributed by atoms with Crippen molar-refractivity contribution in [1.82, 2.24) is 9.88 Å². The fourth-order valence-electron chi connectivity index (χ4n) is 1.91. The average Bonchev–Trinajstić information content (AvgIpc) is 2.47. The van der Waals surface area contributed by atoms with Gasteiger partial charge in [0, 0.05) is 12.2 Å². The molecule has 5 heteroatoms. The third-order valence-corrected chi connectivity index (χ3v) is 3.06. The minimum Gasteiger partial charge on any atom is -0.491 e. The SMILES string of the molecule is Cc1cccc(NC(=O)c2ccccc2OCCN(C)C)n1. The summed E-state index contributed by atoms with van der Waals surface area (Å²) in [6.45, 7) is 3.20. The lowest BCUT2D eigenvalue weighted by Gasteiger charge is -2.14. The zero-order chi connectivity index (χ0) is 15.9. The van der Waals surface area contributed by atoms with Crippen molar-refractivity contribution in [2.75, 3.05) is 32.6 Å². The Morgan fingerprint density at radius 2 is 1.95 bits per heavy atom. The minimum absolute atomic E-state index is 0.224. The van der Waals surface area contributed by atoms with Crippen LogP contribution in [0.25, 0.3) is 0 Å². The van der Waals surface area contributed by atoms with Crippen LogP contribution in [0.4, 0.5) is 5.82 Å². The molecule has 0 aliphatic heterocycles. The topological polar surface area (TPSA) is 54.5 Å². The summed E-state index contributed by atoms with van der Waals surface area (Å²) in [6, 6.07) is 12.7. The van der Waals surface area contributed by atoms with Crippen LogP contribution >= 0.6 is 0 Å². The van der Waals surface area contributed by atoms with Gasteiger partial charge in [-0.05, 0) is 45.3 Å². The lowest BCUT2D eigenvalue weighted by atomic mass is 10.2. The molecule has 0 saturated carbocycles. The number of carbonyl (C=O) groups excluding carboxylic acids is 1. The van der Waals surface area contributed by atoms with E-state index in [2.05, 4.69) is 10.3 Å². The molecule has 2 aromatic rings. The molecule has 1 aromatic heterocycles. The maximum Gasteiger partial charge on any atom is 0.260 e. The van der Waals surface area contributed by atoms with E-state index in [1.54, 1.807) is 18.2 Å². The van der Waals surface area contributed by atoms with Crippen LogP contribution in [0.3, 0.4) is 0 Å². The van der Waals surface area contributed by atoms with Crippen LogP contribution in [0.1, 0.15) is 16.1 Å². The van der Waals surface area contributed by atoms with E-state index in [1.165, 1.54) is 0 Å². The molecule has 0 atom stereocenters. The lowest BCUT2D eigenvalue weighted by molar-refractivity contribution is 0.102. The Morgan fingerprint density at radius 3 is 2.68 bits per heavy atom. The van der Waals surface area contributed by atoms with Crippen molar-refractivity contribution in [3.63, 3.8) is 0 Å². The van der Waals surface area contributed by atoms with Gasteiger partial charge in [0.1, 0.15) is 18.2 Å². The predicted octanol–water partition coefficient (Wildman–Crippen LogP) is 2.58. The number of hydrogen-bond acceptors (Lipinski definition) is 4. The molecule has 0 fully saturated rings. The van der Waals surface area contributed by atoms with Gasteiger partial charge in [0.05, 0.1) is 5.56 Å². The number of likely N-dealkylation sites (N-methyl/N-ethyl adjacent to an activating group) is 1. The number of anilines is 1. The molecule has 0 unspecified atom stereocenters. The molecule has 1 heterocycles. The largest absolute Gasteiger partial charge is 0.491 e. The van der Waals surface area contributed by atoms with Crippen LogP contribution in [0.2, 0.25) is 0 Å². The van der Waals surface area contributed by atoms with Crippen molar-refractivity contribution in [3.05, 3.63) is 53.7 Å². The van der Waals surface area contributed by atoms with Gasteiger partial charge in [0.25, 0.3) is 5.91 Å². The number of nitrogens with one attached hydrogen (secondary N) is 1. The maximum absolute atomic E-state index is 12.4. The fourth-order valence-corrected chi connectivity index (χ4v) is 1.91. The standard InChI is InChI=1S/C17H21N3O2/c1-13-7-6-10-16(18-13)19-17(21)14-8-4-5-9-15(14)22-12-11-20(2)3/h4-10H,11-12H2,1-3H3,(H,18,19,21). The number of benzene rings is 1. The summed E-state index contributed by atoms with van der Waals surface area (Å²) in [5, 5.41) is 2.80. The van der Waals surface area contributed by atoms with Gasteiger partial charge in [-0.3, -0.25) is 4.79 Å². The molecule has 1 N–H and O–H groups in total. The zero-order valence-corrected chi connectivity index (χ0v) is 13.2. The van der Waals surface area contributed by atoms with Crippen molar-refractivity contribution in [1.29, 1.82) is 0 Å². The smallest absolute Gasteiger partial charge is 0.260 e. The Labute approximate surface area is 130 Å². The van der Waals surface area contributed by atoms with Gasteiger partial charge >= 0.3 is 0 Å². The van der Waals surface area contributed by atoms with E-state index in [-0.39, 0.29) is 5.91 Å². The van der Waals surface area contributed by atoms with Crippen LogP contribution in [0, 0.1) is 6.92 Å². The monoisotopic (exact) mass is 299 g/mol. The number of rotatable bonds is 6. The van der Waals surface area contributed by atoms with Gasteiger partial charge in [-0.2, -0.15) is 0 Å². The third-order valence-electron chi connectivity index (χ3n) is 3.06. The van der Waals surface area contributed by atoms with Gasteiger partial charge in [-0.1, -0.05) is 18.2 Å². The number of para-hydroxylation sites is 1. The molecule has 5 nitrogen and oxygen atoms in total. The molecule has 1 aromatic carbocycles. The number of pyridine rings is 1. The van der Waals surface area contributed by atoms with E-state index in [9.17, 15) is 4.79 Å². The molecule has 1 amide bonds. The second-order valence-corrected chi connectivity index (χ2v) is 5.27. The highest BCUT2D eigenvalue weighted by atomic mass is 16.5. The Kier molecular flexibility index (Phi) is 5.49. The van der Waals surface area contributed by atoms with E-state index < -0.39 is 0 Å². The summed E-state index contributed by atoms with van der Waals surface area (Å²) in [7, 11) is 3.96. The number of nitrogens with zero attached hydrogens (tertiary/aromatic N) is 2. The average molecular weight is 299 g/mol. The summed E-state index contributed by atoms with van der Waals surface area (Å²) >= 11 is 0. The third kappa shape index (κ3) is 4.56. The molecule has 22 heavy (non-hydrogen) atoms. The van der Waals surface area contributed by atoms with Crippen LogP contribution < -0.4 is 10.1 Å². The summed E-state index contributed by atoms with van der Waals surface area (Å²) in [4.78, 5) is 18.7. The molecule has 2 rings (SSSR count). The number of carbonyl (C=O) groups is 1. The molecule has 0 spiro atoms. The van der Waals surface area contributed by atoms with Gasteiger partial charge in [0.2, 0.25) is 0 Å². The van der Waals surface area contributed by atoms with E-state index >= 15 is 0 Å². The molecule has 0 aliphatic rings. The molecule has 0 aliphatic carbocycles. The Hall–Kier alpha value is -2.40. The number of ether oxygens (including phenoxy) is 1. The van der Waals surface area contributed by atoms with Crippen molar-refractivity contribution in [3.8, 4) is 5.75 Å². The highest BCUT2D eigenvalue weighted by Gasteiger charge is 2.13. The van der Waals surface area contributed by atoms with Crippen LogP contribution in [-0.2, 0) is 0 Å². The molecular weight excluding hydrogens is 278 g/mol. The Morgan fingerprint density at radius 1 is 1.18 bits per heavy atom. The fraction of sp³-hybridized carbons (Fsp3) is 0.294. The maximum atomic E-state index is 12.4. The van der Waals surface area contributed by atoms with Crippen LogP contribution in [0.5, 0.6) is 5.75 Å². The van der Waals surface area contributed by atoms with Gasteiger partial charge in [-0.25, -0.2) is 4.98 Å². The quantitative estimate of drug-likeness (QED) is 0.891. The van der Waals surface area contributed by atoms with E-state index in [0.29, 0.717) is 23.7 Å². The van der Waals surface area contributed by atoms with Gasteiger partial charge < -0.3 is 15.0 Å². The van der Waals surface area contributed by atoms with Crippen molar-refractivity contribution in [2.45, 2.75) is 6.92 Å². The molecule has 0 saturated heterocycles. The first-order valence-electron chi connectivity index (χ1n) is 7.18.